The number of benzene rings is 3. The van der Waals surface area contributed by atoms with Crippen molar-refractivity contribution >= 4 is 11.9 Å². The third-order valence-electron chi connectivity index (χ3n) is 4.62. The van der Waals surface area contributed by atoms with Gasteiger partial charge in [-0.15, -0.1) is 0 Å². The van der Waals surface area contributed by atoms with Gasteiger partial charge in [0.05, 0.1) is 18.4 Å². The first-order chi connectivity index (χ1) is 15.5. The number of aliphatic carboxylic acids is 1. The maximum Gasteiger partial charge on any atom is 0.313 e. The zero-order valence-corrected chi connectivity index (χ0v) is 18.5. The summed E-state index contributed by atoms with van der Waals surface area (Å²) in [4.78, 5) is 22.4. The average Bonchev–Trinajstić information content (AvgIpc) is 2.82. The zero-order chi connectivity index (χ0) is 23.2. The van der Waals surface area contributed by atoms with Gasteiger partial charge in [-0.2, -0.15) is 0 Å². The lowest BCUT2D eigenvalue weighted by molar-refractivity contribution is -0.147. The fourth-order valence-corrected chi connectivity index (χ4v) is 2.75. The molecular formula is C27H30O5. The molecule has 0 aliphatic heterocycles. The molecule has 1 atom stereocenters. The van der Waals surface area contributed by atoms with Crippen molar-refractivity contribution < 1.29 is 24.2 Å². The molecule has 1 N–H and O–H groups in total. The average molecular weight is 435 g/mol. The van der Waals surface area contributed by atoms with Crippen LogP contribution in [0.4, 0.5) is 0 Å². The van der Waals surface area contributed by atoms with E-state index >= 15 is 0 Å². The summed E-state index contributed by atoms with van der Waals surface area (Å²) in [6.07, 6.45) is 0.562. The number of carboxylic acids is 1. The third kappa shape index (κ3) is 9.04. The topological polar surface area (TPSA) is 72.8 Å². The van der Waals surface area contributed by atoms with Crippen molar-refractivity contribution in [2.75, 3.05) is 6.61 Å². The summed E-state index contributed by atoms with van der Waals surface area (Å²) < 4.78 is 11.3. The van der Waals surface area contributed by atoms with Crippen LogP contribution in [0.3, 0.4) is 0 Å². The number of hydrogen-bond donors (Lipinski definition) is 1. The number of para-hydroxylation sites is 1. The highest BCUT2D eigenvalue weighted by molar-refractivity contribution is 5.78. The maximum absolute atomic E-state index is 12.7. The standard InChI is InChI=1S/C23H22O3.C4H8O2/c24-23(26-18-19-10-4-1-5-11-19)22(20-12-6-2-7-13-20)16-17-25-21-14-8-3-9-15-21;1-3(2)4(5)6/h1-15,22H,16-18H2;3H,1-2H3,(H,5,6). The van der Waals surface area contributed by atoms with E-state index in [9.17, 15) is 9.59 Å². The second-order valence-corrected chi connectivity index (χ2v) is 7.50. The van der Waals surface area contributed by atoms with E-state index in [0.717, 1.165) is 16.9 Å². The molecule has 3 rings (SSSR count). The Labute approximate surface area is 189 Å². The second kappa shape index (κ2) is 13.7. The monoisotopic (exact) mass is 434 g/mol. The Kier molecular flexibility index (Phi) is 10.5. The van der Waals surface area contributed by atoms with Crippen LogP contribution in [0.15, 0.2) is 91.0 Å². The Balaban J connectivity index is 0.000000534. The zero-order valence-electron chi connectivity index (χ0n) is 18.5. The van der Waals surface area contributed by atoms with Gasteiger partial charge in [0.15, 0.2) is 0 Å². The van der Waals surface area contributed by atoms with Gasteiger partial charge >= 0.3 is 11.9 Å². The second-order valence-electron chi connectivity index (χ2n) is 7.50. The van der Waals surface area contributed by atoms with Gasteiger partial charge in [0.2, 0.25) is 0 Å². The molecular weight excluding hydrogens is 404 g/mol. The summed E-state index contributed by atoms with van der Waals surface area (Å²) in [6, 6.07) is 29.1. The molecule has 3 aromatic rings. The van der Waals surface area contributed by atoms with Crippen LogP contribution in [-0.2, 0) is 20.9 Å². The van der Waals surface area contributed by atoms with Crippen molar-refractivity contribution in [2.45, 2.75) is 32.8 Å². The fourth-order valence-electron chi connectivity index (χ4n) is 2.75. The van der Waals surface area contributed by atoms with E-state index in [0.29, 0.717) is 13.0 Å². The molecule has 5 heteroatoms. The van der Waals surface area contributed by atoms with Gasteiger partial charge in [-0.05, 0) is 29.7 Å². The molecule has 0 heterocycles. The highest BCUT2D eigenvalue weighted by atomic mass is 16.5. The molecule has 0 saturated heterocycles. The number of rotatable bonds is 9. The smallest absolute Gasteiger partial charge is 0.313 e. The largest absolute Gasteiger partial charge is 0.494 e. The Hall–Kier alpha value is -3.60. The summed E-state index contributed by atoms with van der Waals surface area (Å²) in [5.74, 6) is -0.739. The Morgan fingerprint density at radius 3 is 1.84 bits per heavy atom. The first-order valence-electron chi connectivity index (χ1n) is 10.6. The normalized spacial score (nSPS) is 11.1. The van der Waals surface area contributed by atoms with Crippen LogP contribution >= 0.6 is 0 Å². The van der Waals surface area contributed by atoms with E-state index in [1.54, 1.807) is 13.8 Å². The lowest BCUT2D eigenvalue weighted by atomic mass is 9.96. The van der Waals surface area contributed by atoms with Gasteiger partial charge in [-0.3, -0.25) is 9.59 Å². The number of esters is 1. The van der Waals surface area contributed by atoms with Crippen LogP contribution in [0.2, 0.25) is 0 Å². The molecule has 0 aliphatic rings. The number of carbonyl (C=O) groups is 2. The Morgan fingerprint density at radius 2 is 1.31 bits per heavy atom. The summed E-state index contributed by atoms with van der Waals surface area (Å²) in [6.45, 7) is 4.01. The highest BCUT2D eigenvalue weighted by Gasteiger charge is 2.22. The minimum atomic E-state index is -0.741. The molecule has 0 aromatic heterocycles. The predicted octanol–water partition coefficient (Wildman–Crippen LogP) is 5.71. The van der Waals surface area contributed by atoms with E-state index in [1.165, 1.54) is 0 Å². The number of carbonyl (C=O) groups excluding carboxylic acids is 1. The van der Waals surface area contributed by atoms with Crippen molar-refractivity contribution in [3.05, 3.63) is 102 Å². The third-order valence-corrected chi connectivity index (χ3v) is 4.62. The van der Waals surface area contributed by atoms with E-state index < -0.39 is 5.97 Å². The van der Waals surface area contributed by atoms with Crippen molar-refractivity contribution in [3.63, 3.8) is 0 Å². The molecule has 5 nitrogen and oxygen atoms in total. The van der Waals surface area contributed by atoms with Crippen molar-refractivity contribution in [1.82, 2.24) is 0 Å². The van der Waals surface area contributed by atoms with Crippen molar-refractivity contribution in [3.8, 4) is 5.75 Å². The molecule has 0 spiro atoms. The molecule has 168 valence electrons. The Morgan fingerprint density at radius 1 is 0.812 bits per heavy atom. The molecule has 0 fully saturated rings. The molecule has 0 bridgehead atoms. The van der Waals surface area contributed by atoms with Crippen LogP contribution in [0, 0.1) is 5.92 Å². The fraction of sp³-hybridized carbons (Fsp3) is 0.259. The highest BCUT2D eigenvalue weighted by Crippen LogP contribution is 2.22. The maximum atomic E-state index is 12.7. The number of hydrogen-bond acceptors (Lipinski definition) is 4. The minimum Gasteiger partial charge on any atom is -0.494 e. The molecule has 0 amide bonds. The molecule has 1 unspecified atom stereocenters. The molecule has 3 aromatic carbocycles. The van der Waals surface area contributed by atoms with E-state index in [2.05, 4.69) is 0 Å². The quantitative estimate of drug-likeness (QED) is 0.437. The van der Waals surface area contributed by atoms with Gasteiger partial charge in [0, 0.05) is 0 Å². The van der Waals surface area contributed by atoms with Crippen molar-refractivity contribution in [2.24, 2.45) is 5.92 Å². The molecule has 0 aliphatic carbocycles. The first kappa shape index (κ1) is 24.7. The lowest BCUT2D eigenvalue weighted by Crippen LogP contribution is -2.18. The first-order valence-corrected chi connectivity index (χ1v) is 10.6. The van der Waals surface area contributed by atoms with Crippen LogP contribution in [0.25, 0.3) is 0 Å². The van der Waals surface area contributed by atoms with Gasteiger partial charge < -0.3 is 14.6 Å². The van der Waals surface area contributed by atoms with Crippen molar-refractivity contribution in [1.29, 1.82) is 0 Å². The van der Waals surface area contributed by atoms with Gasteiger partial charge in [-0.25, -0.2) is 0 Å². The van der Waals surface area contributed by atoms with Crippen LogP contribution in [0.1, 0.15) is 37.3 Å². The number of ether oxygens (including phenoxy) is 2. The summed E-state index contributed by atoms with van der Waals surface area (Å²) in [5.41, 5.74) is 1.93. The van der Waals surface area contributed by atoms with Crippen LogP contribution in [-0.4, -0.2) is 23.7 Å². The Bertz CT molecular complexity index is 924. The van der Waals surface area contributed by atoms with Gasteiger partial charge in [-0.1, -0.05) is 92.7 Å². The summed E-state index contributed by atoms with van der Waals surface area (Å²) in [5, 5.41) is 7.99. The van der Waals surface area contributed by atoms with E-state index in [4.69, 9.17) is 14.6 Å². The molecule has 0 saturated carbocycles. The minimum absolute atomic E-state index is 0.225. The summed E-state index contributed by atoms with van der Waals surface area (Å²) in [7, 11) is 0. The van der Waals surface area contributed by atoms with Crippen LogP contribution < -0.4 is 4.74 Å². The van der Waals surface area contributed by atoms with E-state index in [-0.39, 0.29) is 24.4 Å². The van der Waals surface area contributed by atoms with Crippen LogP contribution in [0.5, 0.6) is 5.75 Å². The molecule has 0 radical (unpaired) electrons. The SMILES string of the molecule is CC(C)C(=O)O.O=C(OCc1ccccc1)C(CCOc1ccccc1)c1ccccc1. The van der Waals surface area contributed by atoms with E-state index in [1.807, 2.05) is 91.0 Å². The van der Waals surface area contributed by atoms with Gasteiger partial charge in [0.25, 0.3) is 0 Å². The van der Waals surface area contributed by atoms with Gasteiger partial charge in [0.1, 0.15) is 12.4 Å². The summed E-state index contributed by atoms with van der Waals surface area (Å²) >= 11 is 0. The predicted molar refractivity (Wildman–Crippen MR) is 124 cm³/mol. The lowest BCUT2D eigenvalue weighted by Gasteiger charge is -2.17. The number of carboxylic acid groups (broad SMARTS) is 1. The molecule has 32 heavy (non-hydrogen) atoms.